The first-order valence-corrected chi connectivity index (χ1v) is 4.73. The number of ether oxygens (including phenoxy) is 1. The van der Waals surface area contributed by atoms with Gasteiger partial charge in [0.25, 0.3) is 0 Å². The number of rotatable bonds is 2. The summed E-state index contributed by atoms with van der Waals surface area (Å²) in [7, 11) is 0. The summed E-state index contributed by atoms with van der Waals surface area (Å²) in [5.41, 5.74) is 1.59. The number of hydrogen-bond donors (Lipinski definition) is 0. The summed E-state index contributed by atoms with van der Waals surface area (Å²) in [5, 5.41) is 0. The summed E-state index contributed by atoms with van der Waals surface area (Å²) in [6.45, 7) is 0. The average molecular weight is 202 g/mol. The first-order chi connectivity index (χ1) is 7.25. The molecule has 1 aromatic carbocycles. The molecule has 0 saturated heterocycles. The highest BCUT2D eigenvalue weighted by molar-refractivity contribution is 5.99. The Hall–Kier alpha value is -1.90. The van der Waals surface area contributed by atoms with Gasteiger partial charge in [-0.2, -0.15) is 0 Å². The van der Waals surface area contributed by atoms with Gasteiger partial charge in [0.2, 0.25) is 0 Å². The van der Waals surface area contributed by atoms with E-state index in [0.29, 0.717) is 12.0 Å². The molecule has 0 atom stereocenters. The minimum atomic E-state index is -0.518. The van der Waals surface area contributed by atoms with Crippen LogP contribution >= 0.6 is 0 Å². The van der Waals surface area contributed by atoms with Gasteiger partial charge < -0.3 is 4.74 Å². The summed E-state index contributed by atoms with van der Waals surface area (Å²) >= 11 is 0. The standard InChI is InChI=1S/C12H10O3/c13-11-7-6-10(12(14)15-11)8-9-4-2-1-3-5-9/h1-6H,7-8H2. The largest absolute Gasteiger partial charge is 0.389 e. The monoisotopic (exact) mass is 202 g/mol. The van der Waals surface area contributed by atoms with Crippen LogP contribution in [0.2, 0.25) is 0 Å². The van der Waals surface area contributed by atoms with Crippen LogP contribution in [0.25, 0.3) is 0 Å². The highest BCUT2D eigenvalue weighted by atomic mass is 16.6. The lowest BCUT2D eigenvalue weighted by Gasteiger charge is -2.11. The molecule has 1 aliphatic heterocycles. The Morgan fingerprint density at radius 1 is 1.13 bits per heavy atom. The number of carbonyl (C=O) groups excluding carboxylic acids is 2. The van der Waals surface area contributed by atoms with Gasteiger partial charge in [0, 0.05) is 12.0 Å². The van der Waals surface area contributed by atoms with Crippen LogP contribution in [-0.2, 0) is 20.7 Å². The minimum Gasteiger partial charge on any atom is -0.389 e. The molecule has 0 spiro atoms. The lowest BCUT2D eigenvalue weighted by Crippen LogP contribution is -2.19. The molecule has 1 heterocycles. The Morgan fingerprint density at radius 2 is 1.87 bits per heavy atom. The van der Waals surface area contributed by atoms with Crippen molar-refractivity contribution in [2.45, 2.75) is 12.8 Å². The minimum absolute atomic E-state index is 0.188. The van der Waals surface area contributed by atoms with Gasteiger partial charge in [0.1, 0.15) is 0 Å². The normalized spacial score (nSPS) is 15.9. The Kier molecular flexibility index (Phi) is 2.63. The number of cyclic esters (lactones) is 2. The second-order valence-electron chi connectivity index (χ2n) is 3.36. The van der Waals surface area contributed by atoms with E-state index in [1.807, 2.05) is 30.3 Å². The van der Waals surface area contributed by atoms with Gasteiger partial charge in [-0.25, -0.2) is 4.79 Å². The zero-order valence-corrected chi connectivity index (χ0v) is 8.10. The fourth-order valence-corrected chi connectivity index (χ4v) is 1.46. The molecule has 0 saturated carbocycles. The third-order valence-electron chi connectivity index (χ3n) is 2.22. The average Bonchev–Trinajstić information content (AvgIpc) is 2.24. The second kappa shape index (κ2) is 4.09. The van der Waals surface area contributed by atoms with E-state index in [4.69, 9.17) is 0 Å². The smallest absolute Gasteiger partial charge is 0.341 e. The predicted octanol–water partition coefficient (Wildman–Crippen LogP) is 1.63. The van der Waals surface area contributed by atoms with Crippen LogP contribution in [0.4, 0.5) is 0 Å². The van der Waals surface area contributed by atoms with Crippen LogP contribution in [-0.4, -0.2) is 11.9 Å². The van der Waals surface area contributed by atoms with Crippen LogP contribution in [0, 0.1) is 0 Å². The fraction of sp³-hybridized carbons (Fsp3) is 0.167. The molecule has 0 N–H and O–H groups in total. The van der Waals surface area contributed by atoms with Gasteiger partial charge in [-0.1, -0.05) is 36.4 Å². The molecule has 0 amide bonds. The molecule has 0 bridgehead atoms. The molecule has 0 aliphatic carbocycles. The van der Waals surface area contributed by atoms with Gasteiger partial charge in [0.15, 0.2) is 0 Å². The Balaban J connectivity index is 2.13. The van der Waals surface area contributed by atoms with Gasteiger partial charge in [0.05, 0.1) is 6.42 Å². The molecule has 0 fully saturated rings. The maximum atomic E-state index is 11.3. The van der Waals surface area contributed by atoms with E-state index in [9.17, 15) is 9.59 Å². The van der Waals surface area contributed by atoms with Gasteiger partial charge in [-0.15, -0.1) is 0 Å². The Morgan fingerprint density at radius 3 is 2.53 bits per heavy atom. The van der Waals surface area contributed by atoms with Crippen molar-refractivity contribution in [3.05, 3.63) is 47.5 Å². The van der Waals surface area contributed by atoms with Crippen molar-refractivity contribution < 1.29 is 14.3 Å². The van der Waals surface area contributed by atoms with E-state index < -0.39 is 11.9 Å². The highest BCUT2D eigenvalue weighted by Gasteiger charge is 2.20. The molecule has 2 rings (SSSR count). The molecule has 0 aromatic heterocycles. The number of hydrogen-bond acceptors (Lipinski definition) is 3. The SMILES string of the molecule is O=C1CC=C(Cc2ccccc2)C(=O)O1. The Bertz CT molecular complexity index is 418. The first kappa shape index (κ1) is 9.65. The summed E-state index contributed by atoms with van der Waals surface area (Å²) in [6, 6.07) is 9.61. The molecule has 15 heavy (non-hydrogen) atoms. The van der Waals surface area contributed by atoms with E-state index >= 15 is 0 Å². The summed E-state index contributed by atoms with van der Waals surface area (Å²) in [4.78, 5) is 22.1. The second-order valence-corrected chi connectivity index (χ2v) is 3.36. The van der Waals surface area contributed by atoms with E-state index in [0.717, 1.165) is 5.56 Å². The van der Waals surface area contributed by atoms with E-state index in [1.165, 1.54) is 0 Å². The zero-order chi connectivity index (χ0) is 10.7. The van der Waals surface area contributed by atoms with Crippen molar-refractivity contribution in [3.8, 4) is 0 Å². The summed E-state index contributed by atoms with van der Waals surface area (Å²) in [6.07, 6.45) is 2.35. The van der Waals surface area contributed by atoms with E-state index in [2.05, 4.69) is 4.74 Å². The van der Waals surface area contributed by atoms with Crippen LogP contribution in [0.1, 0.15) is 12.0 Å². The summed E-state index contributed by atoms with van der Waals surface area (Å²) < 4.78 is 4.52. The first-order valence-electron chi connectivity index (χ1n) is 4.73. The third kappa shape index (κ3) is 2.31. The Labute approximate surface area is 87.4 Å². The summed E-state index contributed by atoms with van der Waals surface area (Å²) in [5.74, 6) is -0.994. The lowest BCUT2D eigenvalue weighted by atomic mass is 10.0. The van der Waals surface area contributed by atoms with Crippen LogP contribution in [0.15, 0.2) is 42.0 Å². The van der Waals surface area contributed by atoms with Crippen molar-refractivity contribution in [1.82, 2.24) is 0 Å². The number of benzene rings is 1. The molecular formula is C12H10O3. The molecule has 0 radical (unpaired) electrons. The van der Waals surface area contributed by atoms with Crippen LogP contribution in [0.3, 0.4) is 0 Å². The van der Waals surface area contributed by atoms with Gasteiger partial charge >= 0.3 is 11.9 Å². The van der Waals surface area contributed by atoms with Crippen LogP contribution in [0.5, 0.6) is 0 Å². The lowest BCUT2D eigenvalue weighted by molar-refractivity contribution is -0.157. The van der Waals surface area contributed by atoms with Crippen molar-refractivity contribution in [1.29, 1.82) is 0 Å². The van der Waals surface area contributed by atoms with Gasteiger partial charge in [-0.3, -0.25) is 4.79 Å². The maximum absolute atomic E-state index is 11.3. The number of esters is 2. The highest BCUT2D eigenvalue weighted by Crippen LogP contribution is 2.14. The predicted molar refractivity (Wildman–Crippen MR) is 53.9 cm³/mol. The molecular weight excluding hydrogens is 192 g/mol. The molecule has 1 aromatic rings. The molecule has 0 unspecified atom stereocenters. The topological polar surface area (TPSA) is 43.4 Å². The molecule has 1 aliphatic rings. The van der Waals surface area contributed by atoms with E-state index in [-0.39, 0.29) is 6.42 Å². The molecule has 3 nitrogen and oxygen atoms in total. The van der Waals surface area contributed by atoms with Gasteiger partial charge in [-0.05, 0) is 5.56 Å². The quantitative estimate of drug-likeness (QED) is 0.540. The number of carbonyl (C=O) groups is 2. The van der Waals surface area contributed by atoms with Crippen molar-refractivity contribution in [2.24, 2.45) is 0 Å². The maximum Gasteiger partial charge on any atom is 0.341 e. The van der Waals surface area contributed by atoms with Crippen molar-refractivity contribution in [3.63, 3.8) is 0 Å². The van der Waals surface area contributed by atoms with Crippen molar-refractivity contribution in [2.75, 3.05) is 0 Å². The fourth-order valence-electron chi connectivity index (χ4n) is 1.46. The van der Waals surface area contributed by atoms with Crippen LogP contribution < -0.4 is 0 Å². The van der Waals surface area contributed by atoms with E-state index in [1.54, 1.807) is 6.08 Å². The molecule has 76 valence electrons. The zero-order valence-electron chi connectivity index (χ0n) is 8.10. The molecule has 3 heteroatoms. The van der Waals surface area contributed by atoms with Crippen molar-refractivity contribution >= 4 is 11.9 Å². The third-order valence-corrected chi connectivity index (χ3v) is 2.22.